The van der Waals surface area contributed by atoms with Crippen LogP contribution in [0.4, 0.5) is 8.78 Å². The van der Waals surface area contributed by atoms with Crippen molar-refractivity contribution in [2.24, 2.45) is 0 Å². The minimum Gasteiger partial charge on any atom is -0.306 e. The highest BCUT2D eigenvalue weighted by Gasteiger charge is 2.28. The van der Waals surface area contributed by atoms with Gasteiger partial charge in [0.1, 0.15) is 11.6 Å². The molecule has 4 heteroatoms. The second-order valence-electron chi connectivity index (χ2n) is 5.32. The molecule has 1 aromatic rings. The minimum absolute atomic E-state index is 0.159. The molecule has 1 aromatic carbocycles. The fourth-order valence-corrected chi connectivity index (χ4v) is 3.75. The molecule has 2 rings (SSSR count). The van der Waals surface area contributed by atoms with Gasteiger partial charge >= 0.3 is 0 Å². The Hall–Kier alpha value is -0.610. The van der Waals surface area contributed by atoms with E-state index in [2.05, 4.69) is 11.6 Å². The molecule has 1 nitrogen and oxygen atoms in total. The van der Waals surface area contributed by atoms with E-state index < -0.39 is 0 Å². The quantitative estimate of drug-likeness (QED) is 0.889. The van der Waals surface area contributed by atoms with E-state index in [1.54, 1.807) is 6.92 Å². The Morgan fingerprint density at radius 3 is 2.68 bits per heavy atom. The van der Waals surface area contributed by atoms with Crippen LogP contribution in [0.2, 0.25) is 0 Å². The minimum atomic E-state index is -0.335. The van der Waals surface area contributed by atoms with Crippen LogP contribution >= 0.6 is 11.8 Å². The lowest BCUT2D eigenvalue weighted by Crippen LogP contribution is -2.36. The summed E-state index contributed by atoms with van der Waals surface area (Å²) in [6.07, 6.45) is 5.64. The molecule has 106 valence electrons. The van der Waals surface area contributed by atoms with E-state index in [9.17, 15) is 8.78 Å². The van der Waals surface area contributed by atoms with Crippen molar-refractivity contribution in [3.05, 3.63) is 34.9 Å². The molecule has 0 saturated heterocycles. The summed E-state index contributed by atoms with van der Waals surface area (Å²) in [6, 6.07) is 2.84. The van der Waals surface area contributed by atoms with Crippen LogP contribution in [0.1, 0.15) is 43.4 Å². The maximum Gasteiger partial charge on any atom is 0.128 e. The molecule has 0 radical (unpaired) electrons. The zero-order chi connectivity index (χ0) is 14.0. The van der Waals surface area contributed by atoms with Gasteiger partial charge in [-0.15, -0.1) is 0 Å². The van der Waals surface area contributed by atoms with Gasteiger partial charge in [-0.05, 0) is 50.6 Å². The van der Waals surface area contributed by atoms with E-state index in [1.807, 2.05) is 18.7 Å². The molecule has 1 N–H and O–H groups in total. The standard InChI is InChI=1S/C15H21F2NS/c1-9-7-13(17)11(8-12(9)16)10(2)18-14-5-4-6-15(14)19-3/h7-8,10,14-15,18H,4-6H2,1-3H3. The fraction of sp³-hybridized carbons (Fsp3) is 0.600. The largest absolute Gasteiger partial charge is 0.306 e. The summed E-state index contributed by atoms with van der Waals surface area (Å²) >= 11 is 1.86. The monoisotopic (exact) mass is 285 g/mol. The zero-order valence-corrected chi connectivity index (χ0v) is 12.5. The van der Waals surface area contributed by atoms with Crippen molar-refractivity contribution in [3.8, 4) is 0 Å². The van der Waals surface area contributed by atoms with Gasteiger partial charge in [0.25, 0.3) is 0 Å². The van der Waals surface area contributed by atoms with Crippen LogP contribution in [0.3, 0.4) is 0 Å². The second-order valence-corrected chi connectivity index (χ2v) is 6.40. The summed E-state index contributed by atoms with van der Waals surface area (Å²) in [5.74, 6) is -0.657. The molecule has 0 aromatic heterocycles. The van der Waals surface area contributed by atoms with Gasteiger partial charge in [0, 0.05) is 22.9 Å². The van der Waals surface area contributed by atoms with Gasteiger partial charge in [0.15, 0.2) is 0 Å². The maximum absolute atomic E-state index is 13.9. The Morgan fingerprint density at radius 1 is 1.26 bits per heavy atom. The maximum atomic E-state index is 13.9. The first-order valence-electron chi connectivity index (χ1n) is 6.77. The Bertz CT molecular complexity index is 450. The number of halogens is 2. The Balaban J connectivity index is 2.11. The molecule has 0 amide bonds. The van der Waals surface area contributed by atoms with E-state index in [0.29, 0.717) is 22.4 Å². The smallest absolute Gasteiger partial charge is 0.128 e. The lowest BCUT2D eigenvalue weighted by molar-refractivity contribution is 0.449. The molecule has 1 saturated carbocycles. The molecular formula is C15H21F2NS. The molecule has 0 heterocycles. The summed E-state index contributed by atoms with van der Waals surface area (Å²) in [5, 5.41) is 4.04. The van der Waals surface area contributed by atoms with Gasteiger partial charge in [-0.25, -0.2) is 8.78 Å². The Morgan fingerprint density at radius 2 is 2.00 bits per heavy atom. The fourth-order valence-electron chi connectivity index (χ4n) is 2.80. The van der Waals surface area contributed by atoms with Gasteiger partial charge in [0.2, 0.25) is 0 Å². The van der Waals surface area contributed by atoms with Gasteiger partial charge in [-0.3, -0.25) is 0 Å². The number of nitrogens with one attached hydrogen (secondary N) is 1. The third-order valence-electron chi connectivity index (χ3n) is 3.96. The summed E-state index contributed by atoms with van der Waals surface area (Å²) in [6.45, 7) is 3.49. The lowest BCUT2D eigenvalue weighted by atomic mass is 10.0. The predicted molar refractivity (Wildman–Crippen MR) is 77.6 cm³/mol. The summed E-state index contributed by atoms with van der Waals surface area (Å²) in [4.78, 5) is 0. The van der Waals surface area contributed by atoms with E-state index in [4.69, 9.17) is 0 Å². The van der Waals surface area contributed by atoms with E-state index in [1.165, 1.54) is 25.0 Å². The third-order valence-corrected chi connectivity index (χ3v) is 5.13. The van der Waals surface area contributed by atoms with E-state index in [-0.39, 0.29) is 17.7 Å². The van der Waals surface area contributed by atoms with Crippen molar-refractivity contribution in [2.45, 2.75) is 50.4 Å². The molecule has 3 atom stereocenters. The normalized spacial score (nSPS) is 24.7. The molecule has 3 unspecified atom stereocenters. The summed E-state index contributed by atoms with van der Waals surface area (Å²) in [7, 11) is 0. The van der Waals surface area contributed by atoms with Crippen LogP contribution in [0.5, 0.6) is 0 Å². The van der Waals surface area contributed by atoms with Crippen molar-refractivity contribution < 1.29 is 8.78 Å². The van der Waals surface area contributed by atoms with Crippen LogP contribution in [0, 0.1) is 18.6 Å². The molecule has 0 bridgehead atoms. The highest BCUT2D eigenvalue weighted by atomic mass is 32.2. The molecule has 0 aliphatic heterocycles. The van der Waals surface area contributed by atoms with Crippen molar-refractivity contribution in [1.29, 1.82) is 0 Å². The topological polar surface area (TPSA) is 12.0 Å². The SMILES string of the molecule is CSC1CCCC1NC(C)c1cc(F)c(C)cc1F. The van der Waals surface area contributed by atoms with Crippen molar-refractivity contribution in [2.75, 3.05) is 6.26 Å². The van der Waals surface area contributed by atoms with Crippen molar-refractivity contribution in [3.63, 3.8) is 0 Å². The van der Waals surface area contributed by atoms with Crippen LogP contribution in [0.25, 0.3) is 0 Å². The highest BCUT2D eigenvalue weighted by molar-refractivity contribution is 7.99. The van der Waals surface area contributed by atoms with Crippen LogP contribution < -0.4 is 5.32 Å². The molecule has 19 heavy (non-hydrogen) atoms. The van der Waals surface area contributed by atoms with Crippen molar-refractivity contribution in [1.82, 2.24) is 5.32 Å². The van der Waals surface area contributed by atoms with Crippen LogP contribution in [0.15, 0.2) is 12.1 Å². The first-order valence-corrected chi connectivity index (χ1v) is 8.06. The number of thioether (sulfide) groups is 1. The lowest BCUT2D eigenvalue weighted by Gasteiger charge is -2.24. The van der Waals surface area contributed by atoms with Gasteiger partial charge in [0.05, 0.1) is 0 Å². The molecule has 1 aliphatic carbocycles. The number of aryl methyl sites for hydroxylation is 1. The molecule has 1 fully saturated rings. The predicted octanol–water partition coefficient (Wildman–Crippen LogP) is 4.21. The average molecular weight is 285 g/mol. The van der Waals surface area contributed by atoms with E-state index >= 15 is 0 Å². The number of rotatable bonds is 4. The average Bonchev–Trinajstić information content (AvgIpc) is 2.80. The third kappa shape index (κ3) is 3.29. The highest BCUT2D eigenvalue weighted by Crippen LogP contribution is 2.31. The number of hydrogen-bond donors (Lipinski definition) is 1. The number of benzene rings is 1. The number of hydrogen-bond acceptors (Lipinski definition) is 2. The second kappa shape index (κ2) is 6.23. The van der Waals surface area contributed by atoms with Crippen LogP contribution in [-0.2, 0) is 0 Å². The summed E-state index contributed by atoms with van der Waals surface area (Å²) < 4.78 is 27.5. The molecular weight excluding hydrogens is 264 g/mol. The first kappa shape index (κ1) is 14.8. The Kier molecular flexibility index (Phi) is 4.85. The first-order chi connectivity index (χ1) is 9.02. The van der Waals surface area contributed by atoms with Gasteiger partial charge < -0.3 is 5.32 Å². The van der Waals surface area contributed by atoms with Crippen molar-refractivity contribution >= 4 is 11.8 Å². The van der Waals surface area contributed by atoms with Gasteiger partial charge in [-0.1, -0.05) is 6.42 Å². The van der Waals surface area contributed by atoms with E-state index in [0.717, 1.165) is 6.42 Å². The Labute approximate surface area is 118 Å². The summed E-state index contributed by atoms with van der Waals surface area (Å²) in [5.41, 5.74) is 0.783. The zero-order valence-electron chi connectivity index (χ0n) is 11.7. The molecule has 0 spiro atoms. The molecule has 1 aliphatic rings. The van der Waals surface area contributed by atoms with Crippen LogP contribution in [-0.4, -0.2) is 17.5 Å². The van der Waals surface area contributed by atoms with Gasteiger partial charge in [-0.2, -0.15) is 11.8 Å².